The van der Waals surface area contributed by atoms with Gasteiger partial charge >= 0.3 is 11.9 Å². The van der Waals surface area contributed by atoms with Crippen molar-refractivity contribution in [2.75, 3.05) is 13.1 Å². The molecule has 23 nitrogen and oxygen atoms in total. The van der Waals surface area contributed by atoms with Crippen molar-refractivity contribution < 1.29 is 63.0 Å². The van der Waals surface area contributed by atoms with E-state index in [9.17, 15) is 63.0 Å². The molecule has 0 aliphatic rings. The summed E-state index contributed by atoms with van der Waals surface area (Å²) in [6, 6.07) is -1.09. The number of rotatable bonds is 29. The number of aliphatic carboxylic acids is 2. The molecule has 362 valence electrons. The average Bonchev–Trinajstić information content (AvgIpc) is 3.25. The Labute approximate surface area is 377 Å². The molecule has 14 N–H and O–H groups in total. The second-order valence-corrected chi connectivity index (χ2v) is 16.1. The van der Waals surface area contributed by atoms with E-state index in [-0.39, 0.29) is 25.2 Å². The maximum atomic E-state index is 13.9. The van der Waals surface area contributed by atoms with Crippen molar-refractivity contribution in [3.8, 4) is 0 Å². The molecule has 0 aliphatic heterocycles. The van der Waals surface area contributed by atoms with Gasteiger partial charge in [0.05, 0.1) is 25.6 Å². The lowest BCUT2D eigenvalue weighted by molar-refractivity contribution is -0.143. The number of nitrogens with two attached hydrogens (primary N) is 2. The smallest absolute Gasteiger partial charge is 0.326 e. The molecule has 65 heavy (non-hydrogen) atoms. The highest BCUT2D eigenvalue weighted by Gasteiger charge is 2.35. The van der Waals surface area contributed by atoms with Crippen LogP contribution >= 0.6 is 0 Å². The summed E-state index contributed by atoms with van der Waals surface area (Å²) in [6.45, 7) is 10.0. The summed E-state index contributed by atoms with van der Waals surface area (Å²) in [5.74, 6) is -12.0. The molecule has 0 heterocycles. The van der Waals surface area contributed by atoms with Crippen molar-refractivity contribution >= 4 is 65.1 Å². The average molecular weight is 919 g/mol. The number of nitrogens with one attached hydrogen (secondary N) is 8. The Hall–Kier alpha value is -6.65. The summed E-state index contributed by atoms with van der Waals surface area (Å²) < 4.78 is 0. The van der Waals surface area contributed by atoms with Crippen LogP contribution < -0.4 is 54.0 Å². The van der Waals surface area contributed by atoms with Crippen LogP contribution in [0.15, 0.2) is 30.3 Å². The molecule has 9 amide bonds. The number of carboxylic acid groups (broad SMARTS) is 2. The minimum atomic E-state index is -1.81. The molecule has 0 aromatic heterocycles. The van der Waals surface area contributed by atoms with Crippen molar-refractivity contribution in [1.29, 1.82) is 0 Å². The lowest BCUT2D eigenvalue weighted by Crippen LogP contribution is -2.60. The van der Waals surface area contributed by atoms with Crippen LogP contribution in [0.2, 0.25) is 0 Å². The molecule has 1 rings (SSSR count). The zero-order valence-corrected chi connectivity index (χ0v) is 37.9. The summed E-state index contributed by atoms with van der Waals surface area (Å²) in [5.41, 5.74) is 11.7. The molecule has 9 atom stereocenters. The van der Waals surface area contributed by atoms with Gasteiger partial charge in [0.1, 0.15) is 36.3 Å². The fourth-order valence-electron chi connectivity index (χ4n) is 5.96. The quantitative estimate of drug-likeness (QED) is 0.0389. The summed E-state index contributed by atoms with van der Waals surface area (Å²) in [6.07, 6.45) is -0.834. The van der Waals surface area contributed by atoms with Crippen LogP contribution in [0.4, 0.5) is 0 Å². The summed E-state index contributed by atoms with van der Waals surface area (Å²) in [7, 11) is 0. The zero-order chi connectivity index (χ0) is 49.6. The van der Waals surface area contributed by atoms with Gasteiger partial charge in [-0.2, -0.15) is 0 Å². The standard InChI is InChI=1S/C42H66N10O13/c1-8-22(5)33(44)40(62)46-19-30(54)48-26(15-16-29(43)53)38(60)47-24(7)36(58)49-28(18-32(56)57)39(61)52-35(23(6)9-2)41(63)50-27(17-25-13-11-10-12-14-25)37(59)45-20-31(55)51-34(21(3)4)42(64)65/h10-14,21-24,26-28,33-35H,8-9,15-20,44H2,1-7H3,(H2,43,53)(H,45,59)(H,46,62)(H,47,60)(H,48,54)(H,49,58)(H,50,63)(H,51,55)(H,52,61)(H,56,57)(H,64,65)/t22-,23-,24-,26-,27-,28-,33-,34-,35-/m0/s1. The van der Waals surface area contributed by atoms with E-state index in [2.05, 4.69) is 42.5 Å². The fourth-order valence-corrected chi connectivity index (χ4v) is 5.96. The monoisotopic (exact) mass is 918 g/mol. The Bertz CT molecular complexity index is 1850. The lowest BCUT2D eigenvalue weighted by atomic mass is 9.96. The molecular weight excluding hydrogens is 853 g/mol. The van der Waals surface area contributed by atoms with E-state index in [1.54, 1.807) is 65.0 Å². The van der Waals surface area contributed by atoms with Crippen molar-refractivity contribution in [1.82, 2.24) is 42.5 Å². The molecule has 23 heteroatoms. The van der Waals surface area contributed by atoms with Crippen molar-refractivity contribution in [2.24, 2.45) is 29.2 Å². The van der Waals surface area contributed by atoms with E-state index in [1.165, 1.54) is 6.92 Å². The van der Waals surface area contributed by atoms with Gasteiger partial charge in [-0.15, -0.1) is 0 Å². The number of primary amides is 1. The SMILES string of the molecule is CC[C@H](C)[C@H](N)C(=O)NCC(=O)N[C@@H](CCC(N)=O)C(=O)N[C@@H](C)C(=O)N[C@@H](CC(=O)O)C(=O)N[C@H](C(=O)N[C@@H](Cc1ccccc1)C(=O)NCC(=O)N[C@H](C(=O)O)C(C)C)[C@@H](C)CC. The zero-order valence-electron chi connectivity index (χ0n) is 37.9. The largest absolute Gasteiger partial charge is 0.481 e. The van der Waals surface area contributed by atoms with E-state index < -0.39 is 139 Å². The molecule has 0 bridgehead atoms. The molecule has 0 saturated heterocycles. The molecule has 0 radical (unpaired) electrons. The maximum absolute atomic E-state index is 13.9. The predicted octanol–water partition coefficient (Wildman–Crippen LogP) is -2.71. The summed E-state index contributed by atoms with van der Waals surface area (Å²) >= 11 is 0. The van der Waals surface area contributed by atoms with E-state index in [0.29, 0.717) is 18.4 Å². The Balaban J connectivity index is 3.21. The molecule has 0 aliphatic carbocycles. The molecule has 0 unspecified atom stereocenters. The first-order valence-electron chi connectivity index (χ1n) is 21.3. The number of carboxylic acids is 2. The third-order valence-corrected chi connectivity index (χ3v) is 10.5. The van der Waals surface area contributed by atoms with Crippen LogP contribution in [0.5, 0.6) is 0 Å². The number of amides is 9. The first kappa shape index (κ1) is 56.4. The van der Waals surface area contributed by atoms with Crippen molar-refractivity contribution in [3.05, 3.63) is 35.9 Å². The number of carbonyl (C=O) groups is 11. The molecule has 0 spiro atoms. The van der Waals surface area contributed by atoms with E-state index in [1.807, 2.05) is 6.92 Å². The van der Waals surface area contributed by atoms with Crippen LogP contribution in [0.1, 0.15) is 86.1 Å². The Morgan fingerprint density at radius 3 is 1.65 bits per heavy atom. The second kappa shape index (κ2) is 28.2. The van der Waals surface area contributed by atoms with Gasteiger partial charge in [0.15, 0.2) is 0 Å². The topological polar surface area (TPSA) is 377 Å². The lowest BCUT2D eigenvalue weighted by Gasteiger charge is -2.28. The fraction of sp³-hybridized carbons (Fsp3) is 0.595. The van der Waals surface area contributed by atoms with Gasteiger partial charge in [0, 0.05) is 12.8 Å². The highest BCUT2D eigenvalue weighted by molar-refractivity contribution is 5.98. The number of hydrogen-bond donors (Lipinski definition) is 12. The van der Waals surface area contributed by atoms with Gasteiger partial charge in [-0.05, 0) is 36.7 Å². The minimum Gasteiger partial charge on any atom is -0.481 e. The predicted molar refractivity (Wildman–Crippen MR) is 233 cm³/mol. The Morgan fingerprint density at radius 1 is 0.585 bits per heavy atom. The summed E-state index contributed by atoms with van der Waals surface area (Å²) in [5, 5.41) is 38.2. The van der Waals surface area contributed by atoms with Crippen LogP contribution in [0.3, 0.4) is 0 Å². The highest BCUT2D eigenvalue weighted by atomic mass is 16.4. The van der Waals surface area contributed by atoms with Crippen LogP contribution in [0.25, 0.3) is 0 Å². The van der Waals surface area contributed by atoms with Gasteiger partial charge < -0.3 is 64.2 Å². The van der Waals surface area contributed by atoms with Gasteiger partial charge in [-0.1, -0.05) is 84.7 Å². The van der Waals surface area contributed by atoms with E-state index in [4.69, 9.17) is 11.5 Å². The maximum Gasteiger partial charge on any atom is 0.326 e. The first-order chi connectivity index (χ1) is 30.4. The number of hydrogen-bond acceptors (Lipinski definition) is 12. The van der Waals surface area contributed by atoms with Gasteiger partial charge in [-0.3, -0.25) is 47.9 Å². The van der Waals surface area contributed by atoms with Gasteiger partial charge in [0.2, 0.25) is 53.2 Å². The van der Waals surface area contributed by atoms with Crippen LogP contribution in [-0.2, 0) is 59.2 Å². The Morgan fingerprint density at radius 2 is 1.12 bits per heavy atom. The molecular formula is C42H66N10O13. The third kappa shape index (κ3) is 20.6. The third-order valence-electron chi connectivity index (χ3n) is 10.5. The molecule has 1 aromatic carbocycles. The number of carbonyl (C=O) groups excluding carboxylic acids is 9. The molecule has 1 aromatic rings. The summed E-state index contributed by atoms with van der Waals surface area (Å²) in [4.78, 5) is 140. The minimum absolute atomic E-state index is 0.0804. The number of benzene rings is 1. The second-order valence-electron chi connectivity index (χ2n) is 16.1. The van der Waals surface area contributed by atoms with Gasteiger partial charge in [-0.25, -0.2) is 4.79 Å². The van der Waals surface area contributed by atoms with Crippen molar-refractivity contribution in [2.45, 2.75) is 129 Å². The van der Waals surface area contributed by atoms with E-state index in [0.717, 1.165) is 0 Å². The normalized spacial score (nSPS) is 15.1. The van der Waals surface area contributed by atoms with Crippen LogP contribution in [-0.4, -0.2) is 131 Å². The van der Waals surface area contributed by atoms with Crippen molar-refractivity contribution in [3.63, 3.8) is 0 Å². The Kier molecular flexibility index (Phi) is 24.5. The van der Waals surface area contributed by atoms with Crippen LogP contribution in [0, 0.1) is 17.8 Å². The highest BCUT2D eigenvalue weighted by Crippen LogP contribution is 2.12. The first-order valence-corrected chi connectivity index (χ1v) is 21.3. The molecule has 0 fully saturated rings. The van der Waals surface area contributed by atoms with Gasteiger partial charge in [0.25, 0.3) is 0 Å². The van der Waals surface area contributed by atoms with E-state index >= 15 is 0 Å². The molecule has 0 saturated carbocycles.